The molecule has 2 aromatic carbocycles. The summed E-state index contributed by atoms with van der Waals surface area (Å²) in [4.78, 5) is -0.436. The van der Waals surface area contributed by atoms with Crippen LogP contribution in [0.5, 0.6) is 5.75 Å². The fourth-order valence-electron chi connectivity index (χ4n) is 1.45. The molecule has 0 aliphatic heterocycles. The molecule has 0 unspecified atom stereocenters. The van der Waals surface area contributed by atoms with E-state index in [9.17, 15) is 17.2 Å². The van der Waals surface area contributed by atoms with Gasteiger partial charge in [-0.2, -0.15) is 8.42 Å². The molecule has 0 saturated heterocycles. The van der Waals surface area contributed by atoms with Crippen molar-refractivity contribution in [2.24, 2.45) is 0 Å². The number of aryl methyl sites for hydroxylation is 1. The molecule has 2 rings (SSSR count). The Kier molecular flexibility index (Phi) is 3.53. The van der Waals surface area contributed by atoms with Crippen LogP contribution >= 0.6 is 0 Å². The third-order valence-corrected chi connectivity index (χ3v) is 3.70. The van der Waals surface area contributed by atoms with Crippen molar-refractivity contribution in [3.63, 3.8) is 0 Å². The van der Waals surface area contributed by atoms with Crippen molar-refractivity contribution in [1.82, 2.24) is 0 Å². The van der Waals surface area contributed by atoms with E-state index in [4.69, 9.17) is 4.18 Å². The molecule has 0 fully saturated rings. The van der Waals surface area contributed by atoms with Gasteiger partial charge in [0.25, 0.3) is 0 Å². The molecule has 0 atom stereocenters. The Morgan fingerprint density at radius 2 is 1.68 bits per heavy atom. The van der Waals surface area contributed by atoms with Gasteiger partial charge in [0.2, 0.25) is 0 Å². The van der Waals surface area contributed by atoms with Crippen molar-refractivity contribution in [2.45, 2.75) is 11.8 Å². The summed E-state index contributed by atoms with van der Waals surface area (Å²) >= 11 is 0. The lowest BCUT2D eigenvalue weighted by atomic mass is 10.2. The Morgan fingerprint density at radius 1 is 1.00 bits per heavy atom. The van der Waals surface area contributed by atoms with Crippen LogP contribution < -0.4 is 4.18 Å². The first-order chi connectivity index (χ1) is 8.90. The maximum absolute atomic E-state index is 13.0. The SMILES string of the molecule is Cc1ccccc1OS(=O)(=O)c1ccc(F)c(F)c1. The second kappa shape index (κ2) is 4.97. The highest BCUT2D eigenvalue weighted by atomic mass is 32.2. The molecule has 0 saturated carbocycles. The van der Waals surface area contributed by atoms with E-state index in [0.29, 0.717) is 11.6 Å². The van der Waals surface area contributed by atoms with Crippen molar-refractivity contribution in [1.29, 1.82) is 0 Å². The summed E-state index contributed by atoms with van der Waals surface area (Å²) in [5.74, 6) is -2.21. The van der Waals surface area contributed by atoms with Crippen LogP contribution in [-0.4, -0.2) is 8.42 Å². The lowest BCUT2D eigenvalue weighted by molar-refractivity contribution is 0.478. The average Bonchev–Trinajstić information content (AvgIpc) is 2.35. The first-order valence-electron chi connectivity index (χ1n) is 5.35. The number of hydrogen-bond acceptors (Lipinski definition) is 3. The van der Waals surface area contributed by atoms with E-state index in [1.807, 2.05) is 0 Å². The number of para-hydroxylation sites is 1. The minimum absolute atomic E-state index is 0.146. The molecule has 0 amide bonds. The molecule has 0 radical (unpaired) electrons. The Balaban J connectivity index is 2.38. The van der Waals surface area contributed by atoms with Gasteiger partial charge in [0, 0.05) is 0 Å². The maximum atomic E-state index is 13.0. The van der Waals surface area contributed by atoms with E-state index in [0.717, 1.165) is 12.1 Å². The summed E-state index contributed by atoms with van der Waals surface area (Å²) in [6, 6.07) is 8.77. The third kappa shape index (κ3) is 2.90. The normalized spacial score (nSPS) is 11.3. The number of benzene rings is 2. The van der Waals surface area contributed by atoms with E-state index in [-0.39, 0.29) is 5.75 Å². The zero-order chi connectivity index (χ0) is 14.0. The Labute approximate surface area is 109 Å². The molecule has 0 heterocycles. The summed E-state index contributed by atoms with van der Waals surface area (Å²) in [6.07, 6.45) is 0. The largest absolute Gasteiger partial charge is 0.379 e. The molecule has 0 aromatic heterocycles. The smallest absolute Gasteiger partial charge is 0.339 e. The Hall–Kier alpha value is -1.95. The van der Waals surface area contributed by atoms with Gasteiger partial charge in [0.05, 0.1) is 0 Å². The van der Waals surface area contributed by atoms with Crippen molar-refractivity contribution in [3.8, 4) is 5.75 Å². The highest BCUT2D eigenvalue weighted by Gasteiger charge is 2.19. The molecular formula is C13H10F2O3S. The molecule has 3 nitrogen and oxygen atoms in total. The highest BCUT2D eigenvalue weighted by Crippen LogP contribution is 2.22. The first kappa shape index (κ1) is 13.5. The Morgan fingerprint density at radius 3 is 2.32 bits per heavy atom. The number of halogens is 2. The molecule has 19 heavy (non-hydrogen) atoms. The standard InChI is InChI=1S/C13H10F2O3S/c1-9-4-2-3-5-13(9)18-19(16,17)10-6-7-11(14)12(15)8-10/h2-8H,1H3. The van der Waals surface area contributed by atoms with Crippen LogP contribution in [-0.2, 0) is 10.1 Å². The van der Waals surface area contributed by atoms with Crippen LogP contribution in [0.25, 0.3) is 0 Å². The van der Waals surface area contributed by atoms with E-state index in [1.54, 1.807) is 25.1 Å². The minimum atomic E-state index is -4.18. The van der Waals surface area contributed by atoms with Crippen LogP contribution in [0.3, 0.4) is 0 Å². The summed E-state index contributed by atoms with van der Waals surface area (Å²) in [5, 5.41) is 0. The molecule has 6 heteroatoms. The highest BCUT2D eigenvalue weighted by molar-refractivity contribution is 7.87. The van der Waals surface area contributed by atoms with Gasteiger partial charge in [-0.05, 0) is 36.8 Å². The van der Waals surface area contributed by atoms with Gasteiger partial charge >= 0.3 is 10.1 Å². The van der Waals surface area contributed by atoms with Crippen molar-refractivity contribution in [2.75, 3.05) is 0 Å². The molecule has 100 valence electrons. The van der Waals surface area contributed by atoms with Gasteiger partial charge in [0.15, 0.2) is 11.6 Å². The quantitative estimate of drug-likeness (QED) is 0.814. The van der Waals surface area contributed by atoms with Gasteiger partial charge in [-0.3, -0.25) is 0 Å². The fraction of sp³-hybridized carbons (Fsp3) is 0.0769. The summed E-state index contributed by atoms with van der Waals surface area (Å²) in [5.41, 5.74) is 0.619. The molecule has 0 aliphatic rings. The zero-order valence-electron chi connectivity index (χ0n) is 9.93. The van der Waals surface area contributed by atoms with Crippen LogP contribution in [0.15, 0.2) is 47.4 Å². The van der Waals surface area contributed by atoms with Crippen molar-refractivity contribution < 1.29 is 21.4 Å². The number of hydrogen-bond donors (Lipinski definition) is 0. The molecule has 0 bridgehead atoms. The van der Waals surface area contributed by atoms with E-state index < -0.39 is 26.6 Å². The van der Waals surface area contributed by atoms with Crippen molar-refractivity contribution in [3.05, 3.63) is 59.7 Å². The molecule has 2 aromatic rings. The summed E-state index contributed by atoms with van der Waals surface area (Å²) in [7, 11) is -4.18. The molecule has 0 spiro atoms. The second-order valence-corrected chi connectivity index (χ2v) is 5.43. The zero-order valence-corrected chi connectivity index (χ0v) is 10.7. The lowest BCUT2D eigenvalue weighted by Gasteiger charge is -2.09. The van der Waals surface area contributed by atoms with Gasteiger partial charge in [-0.1, -0.05) is 18.2 Å². The molecule has 0 N–H and O–H groups in total. The molecular weight excluding hydrogens is 274 g/mol. The van der Waals surface area contributed by atoms with E-state index in [2.05, 4.69) is 0 Å². The fourth-order valence-corrected chi connectivity index (χ4v) is 2.45. The van der Waals surface area contributed by atoms with Crippen LogP contribution in [0.1, 0.15) is 5.56 Å². The lowest BCUT2D eigenvalue weighted by Crippen LogP contribution is -2.11. The summed E-state index contributed by atoms with van der Waals surface area (Å²) in [6.45, 7) is 1.68. The first-order valence-corrected chi connectivity index (χ1v) is 6.76. The van der Waals surface area contributed by atoms with E-state index in [1.165, 1.54) is 6.07 Å². The Bertz CT molecular complexity index is 712. The molecule has 0 aliphatic carbocycles. The van der Waals surface area contributed by atoms with Gasteiger partial charge in [0.1, 0.15) is 10.6 Å². The average molecular weight is 284 g/mol. The minimum Gasteiger partial charge on any atom is -0.379 e. The van der Waals surface area contributed by atoms with Gasteiger partial charge in [-0.15, -0.1) is 0 Å². The van der Waals surface area contributed by atoms with E-state index >= 15 is 0 Å². The third-order valence-electron chi connectivity index (χ3n) is 2.47. The number of rotatable bonds is 3. The van der Waals surface area contributed by atoms with Gasteiger partial charge < -0.3 is 4.18 Å². The van der Waals surface area contributed by atoms with Crippen LogP contribution in [0, 0.1) is 18.6 Å². The van der Waals surface area contributed by atoms with Crippen LogP contribution in [0.2, 0.25) is 0 Å². The summed E-state index contributed by atoms with van der Waals surface area (Å²) < 4.78 is 54.5. The van der Waals surface area contributed by atoms with Crippen LogP contribution in [0.4, 0.5) is 8.78 Å². The monoisotopic (exact) mass is 284 g/mol. The predicted octanol–water partition coefficient (Wildman–Crippen LogP) is 3.04. The van der Waals surface area contributed by atoms with Crippen molar-refractivity contribution >= 4 is 10.1 Å². The predicted molar refractivity (Wildman–Crippen MR) is 65.4 cm³/mol. The second-order valence-electron chi connectivity index (χ2n) is 3.88. The van der Waals surface area contributed by atoms with Gasteiger partial charge in [-0.25, -0.2) is 8.78 Å². The topological polar surface area (TPSA) is 43.4 Å². The maximum Gasteiger partial charge on any atom is 0.339 e.